The minimum atomic E-state index is 0.0773. The monoisotopic (exact) mass is 368 g/mol. The number of piperidine rings is 1. The van der Waals surface area contributed by atoms with Crippen molar-refractivity contribution in [2.75, 3.05) is 32.8 Å². The molecule has 27 heavy (non-hydrogen) atoms. The van der Waals surface area contributed by atoms with Crippen molar-refractivity contribution in [3.8, 4) is 0 Å². The Morgan fingerprint density at radius 3 is 2.63 bits per heavy atom. The SMILES string of the molecule is CCn1cc(CN2CC[C@]3(CO)CN(Cc4ccccc4)C[C@@H]3C2)c(C)n1. The van der Waals surface area contributed by atoms with Crippen molar-refractivity contribution in [1.82, 2.24) is 19.6 Å². The summed E-state index contributed by atoms with van der Waals surface area (Å²) >= 11 is 0. The highest BCUT2D eigenvalue weighted by Crippen LogP contribution is 2.43. The van der Waals surface area contributed by atoms with Gasteiger partial charge in [0.25, 0.3) is 0 Å². The highest BCUT2D eigenvalue weighted by atomic mass is 16.3. The van der Waals surface area contributed by atoms with Crippen molar-refractivity contribution in [3.05, 3.63) is 53.3 Å². The quantitative estimate of drug-likeness (QED) is 0.851. The molecule has 3 heterocycles. The highest BCUT2D eigenvalue weighted by Gasteiger charge is 2.48. The molecule has 0 saturated carbocycles. The fourth-order valence-corrected chi connectivity index (χ4v) is 4.94. The Balaban J connectivity index is 1.42. The minimum absolute atomic E-state index is 0.0773. The van der Waals surface area contributed by atoms with Crippen LogP contribution in [0.2, 0.25) is 0 Å². The lowest BCUT2D eigenvalue weighted by molar-refractivity contribution is 0.0159. The van der Waals surface area contributed by atoms with Crippen LogP contribution in [0.15, 0.2) is 36.5 Å². The van der Waals surface area contributed by atoms with Crippen LogP contribution in [-0.2, 0) is 19.6 Å². The van der Waals surface area contributed by atoms with Crippen molar-refractivity contribution in [2.45, 2.75) is 39.9 Å². The molecule has 1 aromatic heterocycles. The van der Waals surface area contributed by atoms with E-state index < -0.39 is 0 Å². The fourth-order valence-electron chi connectivity index (χ4n) is 4.94. The molecule has 2 aromatic rings. The number of aromatic nitrogens is 2. The van der Waals surface area contributed by atoms with Crippen molar-refractivity contribution in [1.29, 1.82) is 0 Å². The molecule has 5 heteroatoms. The van der Waals surface area contributed by atoms with E-state index in [1.165, 1.54) is 11.1 Å². The van der Waals surface area contributed by atoms with Crippen LogP contribution < -0.4 is 0 Å². The molecule has 0 bridgehead atoms. The molecule has 4 rings (SSSR count). The predicted octanol–water partition coefficient (Wildman–Crippen LogP) is 2.53. The zero-order chi connectivity index (χ0) is 18.9. The smallest absolute Gasteiger partial charge is 0.0638 e. The van der Waals surface area contributed by atoms with Crippen LogP contribution in [0.1, 0.15) is 30.2 Å². The van der Waals surface area contributed by atoms with Gasteiger partial charge in [0.1, 0.15) is 0 Å². The molecule has 2 saturated heterocycles. The van der Waals surface area contributed by atoms with Crippen LogP contribution in [-0.4, -0.2) is 57.5 Å². The van der Waals surface area contributed by atoms with Crippen molar-refractivity contribution < 1.29 is 5.11 Å². The second-order valence-corrected chi connectivity index (χ2v) is 8.45. The summed E-state index contributed by atoms with van der Waals surface area (Å²) in [4.78, 5) is 5.11. The maximum atomic E-state index is 10.2. The van der Waals surface area contributed by atoms with Crippen LogP contribution in [0.25, 0.3) is 0 Å². The summed E-state index contributed by atoms with van der Waals surface area (Å²) < 4.78 is 2.03. The Morgan fingerprint density at radius 2 is 1.93 bits per heavy atom. The van der Waals surface area contributed by atoms with Gasteiger partial charge in [-0.25, -0.2) is 0 Å². The largest absolute Gasteiger partial charge is 0.396 e. The van der Waals surface area contributed by atoms with E-state index in [2.05, 4.69) is 65.3 Å². The van der Waals surface area contributed by atoms with E-state index in [0.717, 1.165) is 57.9 Å². The maximum absolute atomic E-state index is 10.2. The third-order valence-electron chi connectivity index (χ3n) is 6.62. The minimum Gasteiger partial charge on any atom is -0.396 e. The van der Waals surface area contributed by atoms with Gasteiger partial charge in [0.2, 0.25) is 0 Å². The van der Waals surface area contributed by atoms with Gasteiger partial charge in [-0.3, -0.25) is 14.5 Å². The molecule has 5 nitrogen and oxygen atoms in total. The number of hydrogen-bond donors (Lipinski definition) is 1. The normalized spacial score (nSPS) is 26.4. The van der Waals surface area contributed by atoms with E-state index >= 15 is 0 Å². The van der Waals surface area contributed by atoms with Crippen molar-refractivity contribution in [3.63, 3.8) is 0 Å². The molecular weight excluding hydrogens is 336 g/mol. The van der Waals surface area contributed by atoms with Gasteiger partial charge in [0, 0.05) is 56.4 Å². The molecule has 146 valence electrons. The second-order valence-electron chi connectivity index (χ2n) is 8.45. The first-order valence-corrected chi connectivity index (χ1v) is 10.2. The molecule has 2 aliphatic heterocycles. The number of hydrogen-bond acceptors (Lipinski definition) is 4. The average Bonchev–Trinajstić information content (AvgIpc) is 3.22. The first-order valence-electron chi connectivity index (χ1n) is 10.2. The first kappa shape index (κ1) is 18.7. The molecule has 0 radical (unpaired) electrons. The van der Waals surface area contributed by atoms with Crippen LogP contribution >= 0.6 is 0 Å². The third-order valence-corrected chi connectivity index (χ3v) is 6.62. The van der Waals surface area contributed by atoms with E-state index in [1.807, 2.05) is 4.68 Å². The van der Waals surface area contributed by atoms with Gasteiger partial charge >= 0.3 is 0 Å². The van der Waals surface area contributed by atoms with Gasteiger partial charge in [-0.2, -0.15) is 5.10 Å². The van der Waals surface area contributed by atoms with Crippen LogP contribution in [0.5, 0.6) is 0 Å². The summed E-state index contributed by atoms with van der Waals surface area (Å²) in [5.41, 5.74) is 3.93. The summed E-state index contributed by atoms with van der Waals surface area (Å²) in [6.07, 6.45) is 3.28. The molecule has 2 atom stereocenters. The second kappa shape index (κ2) is 7.74. The molecule has 0 amide bonds. The van der Waals surface area contributed by atoms with Crippen LogP contribution in [0.3, 0.4) is 0 Å². The van der Waals surface area contributed by atoms with Crippen molar-refractivity contribution >= 4 is 0 Å². The molecule has 2 aliphatic rings. The van der Waals surface area contributed by atoms with E-state index in [1.54, 1.807) is 0 Å². The number of likely N-dealkylation sites (tertiary alicyclic amines) is 2. The number of rotatable bonds is 6. The summed E-state index contributed by atoms with van der Waals surface area (Å²) in [6, 6.07) is 10.7. The summed E-state index contributed by atoms with van der Waals surface area (Å²) in [5, 5.41) is 14.8. The Hall–Kier alpha value is -1.69. The third kappa shape index (κ3) is 3.82. The lowest BCUT2D eigenvalue weighted by Crippen LogP contribution is -2.48. The van der Waals surface area contributed by atoms with E-state index in [9.17, 15) is 5.11 Å². The Morgan fingerprint density at radius 1 is 1.15 bits per heavy atom. The molecule has 0 spiro atoms. The zero-order valence-electron chi connectivity index (χ0n) is 16.6. The predicted molar refractivity (Wildman–Crippen MR) is 107 cm³/mol. The summed E-state index contributed by atoms with van der Waals surface area (Å²) in [5.74, 6) is 0.543. The van der Waals surface area contributed by atoms with Gasteiger partial charge in [-0.05, 0) is 38.3 Å². The van der Waals surface area contributed by atoms with Crippen molar-refractivity contribution in [2.24, 2.45) is 11.3 Å². The Labute approximate surface area is 162 Å². The first-order chi connectivity index (χ1) is 13.1. The number of benzene rings is 1. The highest BCUT2D eigenvalue weighted by molar-refractivity contribution is 5.17. The fraction of sp³-hybridized carbons (Fsp3) is 0.591. The topological polar surface area (TPSA) is 44.5 Å². The maximum Gasteiger partial charge on any atom is 0.0638 e. The van der Waals surface area contributed by atoms with Crippen LogP contribution in [0, 0.1) is 18.3 Å². The number of aryl methyl sites for hydroxylation is 2. The number of nitrogens with zero attached hydrogens (tertiary/aromatic N) is 4. The number of aliphatic hydroxyl groups is 1. The van der Waals surface area contributed by atoms with E-state index in [0.29, 0.717) is 12.5 Å². The van der Waals surface area contributed by atoms with E-state index in [4.69, 9.17) is 0 Å². The molecule has 1 aromatic carbocycles. The Bertz CT molecular complexity index is 759. The van der Waals surface area contributed by atoms with Gasteiger partial charge in [0.15, 0.2) is 0 Å². The van der Waals surface area contributed by atoms with E-state index in [-0.39, 0.29) is 5.41 Å². The molecule has 1 N–H and O–H groups in total. The van der Waals surface area contributed by atoms with Gasteiger partial charge < -0.3 is 5.11 Å². The van der Waals surface area contributed by atoms with Gasteiger partial charge in [0.05, 0.1) is 12.3 Å². The lowest BCUT2D eigenvalue weighted by atomic mass is 9.73. The Kier molecular flexibility index (Phi) is 5.35. The van der Waals surface area contributed by atoms with Crippen LogP contribution in [0.4, 0.5) is 0 Å². The molecule has 2 fully saturated rings. The standard InChI is InChI=1S/C22H32N4O/c1-3-26-13-20(18(2)23-26)12-24-10-9-22(17-27)16-25(15-21(22)14-24)11-19-7-5-4-6-8-19/h4-8,13,21,27H,3,9-12,14-17H2,1-2H3/t21-,22+/m0/s1. The zero-order valence-corrected chi connectivity index (χ0v) is 16.6. The molecular formula is C22H32N4O. The average molecular weight is 369 g/mol. The summed E-state index contributed by atoms with van der Waals surface area (Å²) in [7, 11) is 0. The summed E-state index contributed by atoms with van der Waals surface area (Å²) in [6.45, 7) is 11.7. The number of aliphatic hydroxyl groups excluding tert-OH is 1. The number of fused-ring (bicyclic) bond motifs is 1. The molecule has 0 aliphatic carbocycles. The lowest BCUT2D eigenvalue weighted by Gasteiger charge is -2.42. The molecule has 0 unspecified atom stereocenters. The van der Waals surface area contributed by atoms with Gasteiger partial charge in [-0.15, -0.1) is 0 Å². The van der Waals surface area contributed by atoms with Gasteiger partial charge in [-0.1, -0.05) is 30.3 Å².